The lowest BCUT2D eigenvalue weighted by Crippen LogP contribution is -2.50. The molecule has 1 aliphatic carbocycles. The summed E-state index contributed by atoms with van der Waals surface area (Å²) in [5, 5.41) is 17.5. The summed E-state index contributed by atoms with van der Waals surface area (Å²) < 4.78 is 28.3. The summed E-state index contributed by atoms with van der Waals surface area (Å²) in [7, 11) is -2.12. The Bertz CT molecular complexity index is 1200. The molecular formula is C29H49N5O5SSi. The van der Waals surface area contributed by atoms with Gasteiger partial charge in [0.15, 0.2) is 26.0 Å². The maximum Gasteiger partial charge on any atom is 0.200 e. The highest BCUT2D eigenvalue weighted by molar-refractivity contribution is 7.99. The molecule has 3 fully saturated rings. The third-order valence-electron chi connectivity index (χ3n) is 9.32. The number of aliphatic hydroxyl groups is 1. The molecule has 12 heteroatoms. The SMILES string of the molecule is CC(C)[Si](OC[C@H]1O[C@@H](n2nc(SCC3(O)CCCCC3)c3c(N)ncnc32)[C@@H]2OC(C)(C)O[C@@H]21)(C(C)C)C(C)C. The first-order valence-corrected chi connectivity index (χ1v) is 18.4. The molecule has 0 amide bonds. The molecular weight excluding hydrogens is 559 g/mol. The van der Waals surface area contributed by atoms with Crippen molar-refractivity contribution < 1.29 is 23.7 Å². The maximum absolute atomic E-state index is 11.2. The van der Waals surface area contributed by atoms with Crippen LogP contribution in [0.3, 0.4) is 0 Å². The number of aromatic nitrogens is 4. The summed E-state index contributed by atoms with van der Waals surface area (Å²) in [4.78, 5) is 8.84. The third-order valence-corrected chi connectivity index (χ3v) is 16.6. The van der Waals surface area contributed by atoms with Crippen LogP contribution in [0.1, 0.15) is 93.7 Å². The van der Waals surface area contributed by atoms with Crippen LogP contribution in [-0.2, 0) is 18.6 Å². The summed E-state index contributed by atoms with van der Waals surface area (Å²) >= 11 is 1.51. The van der Waals surface area contributed by atoms with E-state index in [0.29, 0.717) is 50.9 Å². The second-order valence-corrected chi connectivity index (χ2v) is 20.0. The van der Waals surface area contributed by atoms with Gasteiger partial charge in [0.25, 0.3) is 0 Å². The molecule has 0 aromatic carbocycles. The van der Waals surface area contributed by atoms with Gasteiger partial charge >= 0.3 is 0 Å². The summed E-state index contributed by atoms with van der Waals surface area (Å²) in [6.45, 7) is 18.0. The fourth-order valence-corrected chi connectivity index (χ4v) is 14.1. The number of rotatable bonds is 10. The molecule has 3 aliphatic rings. The fourth-order valence-electron chi connectivity index (χ4n) is 7.52. The fraction of sp³-hybridized carbons (Fsp3) is 0.828. The van der Waals surface area contributed by atoms with E-state index in [4.69, 9.17) is 29.5 Å². The average molecular weight is 608 g/mol. The van der Waals surface area contributed by atoms with Gasteiger partial charge in [-0.15, -0.1) is 11.8 Å². The minimum absolute atomic E-state index is 0.314. The zero-order valence-corrected chi connectivity index (χ0v) is 27.7. The van der Waals surface area contributed by atoms with Crippen LogP contribution in [0.5, 0.6) is 0 Å². The number of nitrogens with zero attached hydrogens (tertiary/aromatic N) is 4. The summed E-state index contributed by atoms with van der Waals surface area (Å²) in [5.41, 5.74) is 7.64. The Labute approximate surface area is 249 Å². The van der Waals surface area contributed by atoms with Crippen molar-refractivity contribution >= 4 is 36.9 Å². The molecule has 2 aromatic heterocycles. The molecule has 0 bridgehead atoms. The Balaban J connectivity index is 1.45. The van der Waals surface area contributed by atoms with Crippen LogP contribution in [0, 0.1) is 0 Å². The van der Waals surface area contributed by atoms with Crippen molar-refractivity contribution in [1.82, 2.24) is 19.7 Å². The van der Waals surface area contributed by atoms with Gasteiger partial charge in [-0.05, 0) is 43.3 Å². The lowest BCUT2D eigenvalue weighted by Gasteiger charge is -2.43. The molecule has 2 aromatic rings. The van der Waals surface area contributed by atoms with E-state index in [1.807, 2.05) is 13.8 Å². The number of thioether (sulfide) groups is 1. The Morgan fingerprint density at radius 1 is 1.05 bits per heavy atom. The number of nitrogen functional groups attached to an aromatic ring is 1. The molecule has 0 unspecified atom stereocenters. The summed E-state index contributed by atoms with van der Waals surface area (Å²) in [6, 6.07) is 0. The van der Waals surface area contributed by atoms with Gasteiger partial charge in [-0.1, -0.05) is 60.8 Å². The van der Waals surface area contributed by atoms with E-state index < -0.39 is 32.0 Å². The van der Waals surface area contributed by atoms with Crippen LogP contribution in [0.2, 0.25) is 16.6 Å². The zero-order valence-electron chi connectivity index (χ0n) is 25.9. The van der Waals surface area contributed by atoms with Gasteiger partial charge in [-0.2, -0.15) is 5.10 Å². The Morgan fingerprint density at radius 2 is 1.68 bits per heavy atom. The average Bonchev–Trinajstić information content (AvgIpc) is 3.52. The molecule has 2 saturated heterocycles. The minimum atomic E-state index is -2.12. The Morgan fingerprint density at radius 3 is 2.32 bits per heavy atom. The van der Waals surface area contributed by atoms with Gasteiger partial charge < -0.3 is 29.5 Å². The van der Waals surface area contributed by atoms with Crippen LogP contribution in [0.25, 0.3) is 11.0 Å². The summed E-state index contributed by atoms with van der Waals surface area (Å²) in [5.74, 6) is 0.136. The van der Waals surface area contributed by atoms with Crippen LogP contribution >= 0.6 is 11.8 Å². The predicted octanol–water partition coefficient (Wildman–Crippen LogP) is 5.81. The van der Waals surface area contributed by atoms with Gasteiger partial charge in [-0.3, -0.25) is 0 Å². The van der Waals surface area contributed by atoms with Crippen LogP contribution in [-0.4, -0.2) is 75.2 Å². The van der Waals surface area contributed by atoms with Gasteiger partial charge in [-0.25, -0.2) is 14.6 Å². The quantitative estimate of drug-likeness (QED) is 0.252. The lowest BCUT2D eigenvalue weighted by molar-refractivity contribution is -0.200. The predicted molar refractivity (Wildman–Crippen MR) is 163 cm³/mol. The number of anilines is 1. The van der Waals surface area contributed by atoms with Gasteiger partial charge in [0, 0.05) is 5.75 Å². The number of fused-ring (bicyclic) bond motifs is 2. The molecule has 41 heavy (non-hydrogen) atoms. The first-order chi connectivity index (χ1) is 19.3. The third kappa shape index (κ3) is 5.82. The first kappa shape index (κ1) is 31.2. The van der Waals surface area contributed by atoms with Crippen molar-refractivity contribution in [3.05, 3.63) is 6.33 Å². The van der Waals surface area contributed by atoms with Crippen molar-refractivity contribution in [2.45, 2.75) is 145 Å². The number of hydrogen-bond donors (Lipinski definition) is 2. The normalized spacial score (nSPS) is 27.9. The highest BCUT2D eigenvalue weighted by Crippen LogP contribution is 2.47. The van der Waals surface area contributed by atoms with Crippen molar-refractivity contribution in [2.24, 2.45) is 0 Å². The largest absolute Gasteiger partial charge is 0.413 e. The zero-order chi connectivity index (χ0) is 29.7. The van der Waals surface area contributed by atoms with E-state index >= 15 is 0 Å². The molecule has 2 aliphatic heterocycles. The second-order valence-electron chi connectivity index (χ2n) is 13.5. The van der Waals surface area contributed by atoms with E-state index in [2.05, 4.69) is 51.5 Å². The molecule has 4 heterocycles. The molecule has 10 nitrogen and oxygen atoms in total. The van der Waals surface area contributed by atoms with Gasteiger partial charge in [0.1, 0.15) is 35.5 Å². The highest BCUT2D eigenvalue weighted by Gasteiger charge is 2.57. The van der Waals surface area contributed by atoms with E-state index in [-0.39, 0.29) is 12.2 Å². The molecule has 3 N–H and O–H groups in total. The summed E-state index contributed by atoms with van der Waals surface area (Å²) in [6.07, 6.45) is 4.70. The second kappa shape index (κ2) is 11.7. The lowest BCUT2D eigenvalue weighted by atomic mass is 9.86. The van der Waals surface area contributed by atoms with Crippen LogP contribution in [0.15, 0.2) is 11.4 Å². The molecule has 230 valence electrons. The number of nitrogens with two attached hydrogens (primary N) is 1. The monoisotopic (exact) mass is 607 g/mol. The minimum Gasteiger partial charge on any atom is -0.413 e. The highest BCUT2D eigenvalue weighted by atomic mass is 32.2. The van der Waals surface area contributed by atoms with Crippen molar-refractivity contribution in [1.29, 1.82) is 0 Å². The molecule has 5 rings (SSSR count). The Hall–Kier alpha value is -1.28. The van der Waals surface area contributed by atoms with E-state index in [0.717, 1.165) is 25.7 Å². The van der Waals surface area contributed by atoms with Gasteiger partial charge in [0.05, 0.1) is 17.6 Å². The Kier molecular flexibility index (Phi) is 8.86. The molecule has 4 atom stereocenters. The van der Waals surface area contributed by atoms with E-state index in [9.17, 15) is 5.11 Å². The first-order valence-electron chi connectivity index (χ1n) is 15.3. The van der Waals surface area contributed by atoms with Crippen LogP contribution in [0.4, 0.5) is 5.82 Å². The number of ether oxygens (including phenoxy) is 3. The smallest absolute Gasteiger partial charge is 0.200 e. The van der Waals surface area contributed by atoms with Crippen LogP contribution < -0.4 is 5.73 Å². The van der Waals surface area contributed by atoms with Crippen molar-refractivity contribution in [2.75, 3.05) is 18.1 Å². The molecule has 1 saturated carbocycles. The standard InChI is InChI=1S/C29H49N5O5SSi/c1-17(2)41(18(3)4,19(5)6)36-14-20-22-23(39-28(7,8)38-22)27(37-20)34-25-21(24(30)31-16-32-25)26(33-34)40-15-29(35)12-10-9-11-13-29/h16-20,22-23,27,35H,9-15H2,1-8H3,(H2,30,31,32)/t20-,22-,23-,27-/m1/s1. The number of hydrogen-bond acceptors (Lipinski definition) is 10. The maximum atomic E-state index is 11.2. The topological polar surface area (TPSA) is 127 Å². The van der Waals surface area contributed by atoms with Crippen molar-refractivity contribution in [3.63, 3.8) is 0 Å². The molecule has 0 radical (unpaired) electrons. The van der Waals surface area contributed by atoms with E-state index in [1.165, 1.54) is 24.5 Å². The van der Waals surface area contributed by atoms with Crippen molar-refractivity contribution in [3.8, 4) is 0 Å². The van der Waals surface area contributed by atoms with Gasteiger partial charge in [0.2, 0.25) is 0 Å². The molecule has 0 spiro atoms. The van der Waals surface area contributed by atoms with E-state index in [1.54, 1.807) is 4.68 Å².